The zero-order chi connectivity index (χ0) is 15.7. The molecule has 0 spiro atoms. The summed E-state index contributed by atoms with van der Waals surface area (Å²) in [6, 6.07) is 8.50. The molecule has 1 N–H and O–H groups in total. The fourth-order valence-corrected chi connectivity index (χ4v) is 3.65. The van der Waals surface area contributed by atoms with Gasteiger partial charge in [-0.1, -0.05) is 23.8 Å². The lowest BCUT2D eigenvalue weighted by Crippen LogP contribution is -2.53. The van der Waals surface area contributed by atoms with Crippen LogP contribution in [0.25, 0.3) is 0 Å². The van der Waals surface area contributed by atoms with E-state index in [1.165, 1.54) is 11.1 Å². The maximum Gasteiger partial charge on any atom is 0.310 e. The molecule has 1 fully saturated rings. The van der Waals surface area contributed by atoms with E-state index in [1.54, 1.807) is 7.11 Å². The van der Waals surface area contributed by atoms with E-state index in [-0.39, 0.29) is 24.0 Å². The zero-order valence-corrected chi connectivity index (χ0v) is 13.3. The number of piperidine rings is 1. The largest absolute Gasteiger partial charge is 0.497 e. The SMILES string of the molecule is CCOC(=O)C1CC2C(C)=CC1NC2c1ccc(OC)cc1. The Hall–Kier alpha value is -1.81. The molecule has 4 nitrogen and oxygen atoms in total. The Morgan fingerprint density at radius 3 is 2.64 bits per heavy atom. The molecule has 0 aromatic heterocycles. The van der Waals surface area contributed by atoms with E-state index in [1.807, 2.05) is 19.1 Å². The highest BCUT2D eigenvalue weighted by atomic mass is 16.5. The minimum Gasteiger partial charge on any atom is -0.497 e. The summed E-state index contributed by atoms with van der Waals surface area (Å²) in [5, 5.41) is 3.61. The first-order valence-corrected chi connectivity index (χ1v) is 7.89. The molecule has 1 saturated heterocycles. The highest BCUT2D eigenvalue weighted by Gasteiger charge is 2.44. The van der Waals surface area contributed by atoms with Crippen molar-refractivity contribution in [2.24, 2.45) is 11.8 Å². The van der Waals surface area contributed by atoms with Gasteiger partial charge < -0.3 is 14.8 Å². The summed E-state index contributed by atoms with van der Waals surface area (Å²) in [6.45, 7) is 4.46. The van der Waals surface area contributed by atoms with Crippen molar-refractivity contribution >= 4 is 5.97 Å². The molecule has 2 heterocycles. The van der Waals surface area contributed by atoms with Crippen molar-refractivity contribution in [3.05, 3.63) is 41.5 Å². The molecule has 2 bridgehead atoms. The minimum atomic E-state index is -0.0815. The monoisotopic (exact) mass is 301 g/mol. The number of methoxy groups -OCH3 is 1. The first kappa shape index (κ1) is 15.1. The van der Waals surface area contributed by atoms with Crippen molar-refractivity contribution in [3.8, 4) is 5.75 Å². The lowest BCUT2D eigenvalue weighted by Gasteiger charge is -2.46. The summed E-state index contributed by atoms with van der Waals surface area (Å²) in [6.07, 6.45) is 3.05. The van der Waals surface area contributed by atoms with Gasteiger partial charge in [-0.25, -0.2) is 0 Å². The summed E-state index contributed by atoms with van der Waals surface area (Å²) < 4.78 is 10.4. The fourth-order valence-electron chi connectivity index (χ4n) is 3.65. The van der Waals surface area contributed by atoms with Crippen LogP contribution in [0.15, 0.2) is 35.9 Å². The summed E-state index contributed by atoms with van der Waals surface area (Å²) in [4.78, 5) is 12.1. The van der Waals surface area contributed by atoms with Crippen LogP contribution in [0, 0.1) is 11.8 Å². The Morgan fingerprint density at radius 1 is 1.32 bits per heavy atom. The van der Waals surface area contributed by atoms with Gasteiger partial charge in [-0.2, -0.15) is 0 Å². The molecule has 1 aromatic rings. The number of nitrogens with one attached hydrogen (secondary N) is 1. The van der Waals surface area contributed by atoms with Gasteiger partial charge in [0.1, 0.15) is 5.75 Å². The van der Waals surface area contributed by atoms with Crippen molar-refractivity contribution in [3.63, 3.8) is 0 Å². The second-order valence-corrected chi connectivity index (χ2v) is 6.05. The highest BCUT2D eigenvalue weighted by molar-refractivity contribution is 5.74. The number of carbonyl (C=O) groups excluding carboxylic acids is 1. The van der Waals surface area contributed by atoms with Gasteiger partial charge in [0.25, 0.3) is 0 Å². The molecular weight excluding hydrogens is 278 g/mol. The molecule has 4 rings (SSSR count). The molecule has 0 amide bonds. The molecule has 0 radical (unpaired) electrons. The standard InChI is InChI=1S/C18H23NO3/c1-4-22-18(20)15-10-14-11(2)9-16(15)19-17(14)12-5-7-13(21-3)8-6-12/h5-9,14-17,19H,4,10H2,1-3H3. The van der Waals surface area contributed by atoms with Gasteiger partial charge in [0, 0.05) is 12.1 Å². The Morgan fingerprint density at radius 2 is 2.05 bits per heavy atom. The van der Waals surface area contributed by atoms with Crippen LogP contribution in [0.2, 0.25) is 0 Å². The average Bonchev–Trinajstić information content (AvgIpc) is 2.55. The average molecular weight is 301 g/mol. The van der Waals surface area contributed by atoms with E-state index in [0.717, 1.165) is 12.2 Å². The van der Waals surface area contributed by atoms with Crippen LogP contribution in [0.5, 0.6) is 5.75 Å². The van der Waals surface area contributed by atoms with E-state index in [9.17, 15) is 4.79 Å². The third-order valence-electron chi connectivity index (χ3n) is 4.81. The van der Waals surface area contributed by atoms with Crippen LogP contribution in [-0.2, 0) is 9.53 Å². The second kappa shape index (κ2) is 6.13. The molecule has 22 heavy (non-hydrogen) atoms. The fraction of sp³-hybridized carbons (Fsp3) is 0.500. The third kappa shape index (κ3) is 2.63. The lowest BCUT2D eigenvalue weighted by atomic mass is 9.69. The quantitative estimate of drug-likeness (QED) is 0.686. The maximum atomic E-state index is 12.1. The topological polar surface area (TPSA) is 47.6 Å². The summed E-state index contributed by atoms with van der Waals surface area (Å²) in [7, 11) is 1.67. The van der Waals surface area contributed by atoms with E-state index < -0.39 is 0 Å². The minimum absolute atomic E-state index is 0.0659. The molecule has 3 aliphatic rings. The van der Waals surface area contributed by atoms with Gasteiger partial charge in [0.05, 0.1) is 19.6 Å². The lowest BCUT2D eigenvalue weighted by molar-refractivity contribution is -0.150. The van der Waals surface area contributed by atoms with Crippen molar-refractivity contribution < 1.29 is 14.3 Å². The third-order valence-corrected chi connectivity index (χ3v) is 4.81. The van der Waals surface area contributed by atoms with Gasteiger partial charge >= 0.3 is 5.97 Å². The number of hydrogen-bond donors (Lipinski definition) is 1. The van der Waals surface area contributed by atoms with Crippen molar-refractivity contribution in [2.45, 2.75) is 32.4 Å². The number of esters is 1. The van der Waals surface area contributed by atoms with E-state index in [2.05, 4.69) is 30.4 Å². The molecule has 118 valence electrons. The molecule has 2 aliphatic heterocycles. The van der Waals surface area contributed by atoms with Gasteiger partial charge in [-0.3, -0.25) is 4.79 Å². The summed E-state index contributed by atoms with van der Waals surface area (Å²) in [5.41, 5.74) is 2.61. The molecule has 1 aromatic carbocycles. The van der Waals surface area contributed by atoms with Crippen molar-refractivity contribution in [1.82, 2.24) is 5.32 Å². The zero-order valence-electron chi connectivity index (χ0n) is 13.3. The summed E-state index contributed by atoms with van der Waals surface area (Å²) >= 11 is 0. The Labute approximate surface area is 131 Å². The Balaban J connectivity index is 1.80. The highest BCUT2D eigenvalue weighted by Crippen LogP contribution is 2.44. The van der Waals surface area contributed by atoms with Crippen molar-refractivity contribution in [1.29, 1.82) is 0 Å². The van der Waals surface area contributed by atoms with Crippen LogP contribution in [0.3, 0.4) is 0 Å². The van der Waals surface area contributed by atoms with Crippen LogP contribution >= 0.6 is 0 Å². The maximum absolute atomic E-state index is 12.1. The Bertz CT molecular complexity index is 578. The van der Waals surface area contributed by atoms with Crippen LogP contribution in [0.1, 0.15) is 31.9 Å². The number of ether oxygens (including phenoxy) is 2. The predicted octanol–water partition coefficient (Wildman–Crippen LogP) is 2.85. The molecule has 1 aliphatic carbocycles. The van der Waals surface area contributed by atoms with Crippen LogP contribution in [-0.4, -0.2) is 25.7 Å². The summed E-state index contributed by atoms with van der Waals surface area (Å²) in [5.74, 6) is 1.05. The molecule has 0 saturated carbocycles. The molecule has 4 unspecified atom stereocenters. The number of hydrogen-bond acceptors (Lipinski definition) is 4. The number of benzene rings is 1. The first-order chi connectivity index (χ1) is 10.6. The van der Waals surface area contributed by atoms with E-state index in [4.69, 9.17) is 9.47 Å². The van der Waals surface area contributed by atoms with Crippen LogP contribution in [0.4, 0.5) is 0 Å². The number of fused-ring (bicyclic) bond motifs is 2. The molecule has 4 atom stereocenters. The second-order valence-electron chi connectivity index (χ2n) is 6.05. The van der Waals surface area contributed by atoms with E-state index >= 15 is 0 Å². The van der Waals surface area contributed by atoms with Gasteiger partial charge in [0.15, 0.2) is 0 Å². The van der Waals surface area contributed by atoms with Gasteiger partial charge in [-0.15, -0.1) is 0 Å². The van der Waals surface area contributed by atoms with Crippen molar-refractivity contribution in [2.75, 3.05) is 13.7 Å². The van der Waals surface area contributed by atoms with Gasteiger partial charge in [-0.05, 0) is 43.9 Å². The molecular formula is C18H23NO3. The smallest absolute Gasteiger partial charge is 0.310 e. The van der Waals surface area contributed by atoms with Crippen LogP contribution < -0.4 is 10.1 Å². The first-order valence-electron chi connectivity index (χ1n) is 7.89. The van der Waals surface area contributed by atoms with E-state index in [0.29, 0.717) is 12.5 Å². The molecule has 4 heteroatoms. The number of rotatable bonds is 4. The number of carbonyl (C=O) groups is 1. The predicted molar refractivity (Wildman–Crippen MR) is 84.6 cm³/mol. The Kier molecular flexibility index (Phi) is 4.21. The van der Waals surface area contributed by atoms with Gasteiger partial charge in [0.2, 0.25) is 0 Å². The normalized spacial score (nSPS) is 29.9.